The summed E-state index contributed by atoms with van der Waals surface area (Å²) in [5.41, 5.74) is -2.40. The maximum absolute atomic E-state index is 14.7. The number of fused-ring (bicyclic) bond motifs is 5. The van der Waals surface area contributed by atoms with Crippen LogP contribution in [0.15, 0.2) is 23.3 Å². The Balaban J connectivity index is 1.48. The second-order valence-corrected chi connectivity index (χ2v) is 16.8. The normalized spacial score (nSPS) is 49.4. The number of ketones is 1. The molecule has 15 unspecified atom stereocenters. The second kappa shape index (κ2) is 12.5. The Morgan fingerprint density at radius 1 is 1.04 bits per heavy atom. The highest BCUT2D eigenvalue weighted by atomic mass is 16.7. The van der Waals surface area contributed by atoms with Crippen LogP contribution in [-0.2, 0) is 14.3 Å². The molecule has 1 aliphatic heterocycles. The van der Waals surface area contributed by atoms with Gasteiger partial charge in [-0.25, -0.2) is 0 Å². The number of aliphatic hydroxyl groups excluding tert-OH is 7. The van der Waals surface area contributed by atoms with Crippen molar-refractivity contribution >= 4 is 5.78 Å². The van der Waals surface area contributed by atoms with Gasteiger partial charge in [-0.15, -0.1) is 0 Å². The topological polar surface area (TPSA) is 197 Å². The van der Waals surface area contributed by atoms with Crippen molar-refractivity contribution in [2.45, 2.75) is 142 Å². The summed E-state index contributed by atoms with van der Waals surface area (Å²) in [6.45, 7) is 12.9. The lowest BCUT2D eigenvalue weighted by Crippen LogP contribution is -2.66. The molecule has 268 valence electrons. The molecule has 11 heteroatoms. The number of aliphatic hydroxyl groups is 8. The van der Waals surface area contributed by atoms with Crippen LogP contribution in [0.25, 0.3) is 0 Å². The van der Waals surface area contributed by atoms with Gasteiger partial charge in [0.25, 0.3) is 0 Å². The highest BCUT2D eigenvalue weighted by Gasteiger charge is 2.74. The van der Waals surface area contributed by atoms with Gasteiger partial charge in [-0.1, -0.05) is 57.9 Å². The summed E-state index contributed by atoms with van der Waals surface area (Å²) in [6.07, 6.45) is -3.79. The van der Waals surface area contributed by atoms with Gasteiger partial charge in [0.15, 0.2) is 6.29 Å². The molecule has 0 aromatic rings. The molecule has 8 N–H and O–H groups in total. The second-order valence-electron chi connectivity index (χ2n) is 16.8. The smallest absolute Gasteiger partial charge is 0.187 e. The maximum Gasteiger partial charge on any atom is 0.187 e. The van der Waals surface area contributed by atoms with Crippen LogP contribution in [0.5, 0.6) is 0 Å². The standard InChI is InChI=1S/C36H58O11/c1-18(16-37)9-8-12-35(6,45)29-21(39)14-33(4)24-11-10-19-20(36(24,7)25(40)15-34(29,33)5)13-22(30(44)32(19,2)3)46-31-28(43)27(42)26(41)23(17-38)47-31/h9-10,20-24,26-31,37-39,41-45H,8,11-17H2,1-7H3. The molecule has 11 nitrogen and oxygen atoms in total. The molecule has 3 saturated carbocycles. The highest BCUT2D eigenvalue weighted by Crippen LogP contribution is 2.74. The van der Waals surface area contributed by atoms with Gasteiger partial charge in [0.05, 0.1) is 37.1 Å². The lowest BCUT2D eigenvalue weighted by Gasteiger charge is -2.65. The Bertz CT molecular complexity index is 1260. The first-order valence-electron chi connectivity index (χ1n) is 17.3. The summed E-state index contributed by atoms with van der Waals surface area (Å²) < 4.78 is 11.8. The number of carbonyl (C=O) groups excluding carboxylic acids is 1. The summed E-state index contributed by atoms with van der Waals surface area (Å²) >= 11 is 0. The van der Waals surface area contributed by atoms with Crippen molar-refractivity contribution in [3.8, 4) is 0 Å². The van der Waals surface area contributed by atoms with E-state index in [4.69, 9.17) is 9.47 Å². The third kappa shape index (κ3) is 5.52. The number of ether oxygens (including phenoxy) is 2. The highest BCUT2D eigenvalue weighted by molar-refractivity contribution is 5.88. The molecule has 0 aromatic carbocycles. The van der Waals surface area contributed by atoms with Gasteiger partial charge in [-0.05, 0) is 68.6 Å². The van der Waals surface area contributed by atoms with Gasteiger partial charge < -0.3 is 50.3 Å². The van der Waals surface area contributed by atoms with Crippen molar-refractivity contribution in [2.75, 3.05) is 13.2 Å². The molecule has 1 saturated heterocycles. The first-order valence-corrected chi connectivity index (χ1v) is 17.3. The van der Waals surface area contributed by atoms with E-state index in [2.05, 4.69) is 13.0 Å². The quantitative estimate of drug-likeness (QED) is 0.174. The van der Waals surface area contributed by atoms with Crippen molar-refractivity contribution in [1.82, 2.24) is 0 Å². The molecule has 47 heavy (non-hydrogen) atoms. The van der Waals surface area contributed by atoms with Crippen molar-refractivity contribution in [3.05, 3.63) is 23.3 Å². The SMILES string of the molecule is CC(=CCCC(C)(O)C1C(O)CC2(C)C3CC=C4C(CC(OC5OC(CO)C(O)C(O)C5O)C(O)C4(C)C)C3(C)C(=O)CC12C)CO. The summed E-state index contributed by atoms with van der Waals surface area (Å²) in [4.78, 5) is 14.7. The molecule has 4 fully saturated rings. The van der Waals surface area contributed by atoms with Crippen molar-refractivity contribution < 1.29 is 55.1 Å². The first kappa shape index (κ1) is 37.0. The minimum absolute atomic E-state index is 0.0442. The van der Waals surface area contributed by atoms with E-state index in [1.807, 2.05) is 40.7 Å². The van der Waals surface area contributed by atoms with E-state index in [0.29, 0.717) is 25.7 Å². The van der Waals surface area contributed by atoms with Crippen LogP contribution in [-0.4, -0.2) is 114 Å². The summed E-state index contributed by atoms with van der Waals surface area (Å²) in [6, 6.07) is 0. The molecule has 0 spiro atoms. The van der Waals surface area contributed by atoms with Crippen molar-refractivity contribution in [1.29, 1.82) is 0 Å². The predicted molar refractivity (Wildman–Crippen MR) is 171 cm³/mol. The van der Waals surface area contributed by atoms with Crippen LogP contribution in [0.1, 0.15) is 87.0 Å². The lowest BCUT2D eigenvalue weighted by atomic mass is 9.38. The van der Waals surface area contributed by atoms with Crippen molar-refractivity contribution in [2.24, 2.45) is 39.4 Å². The van der Waals surface area contributed by atoms with Gasteiger partial charge in [0.2, 0.25) is 0 Å². The largest absolute Gasteiger partial charge is 0.394 e. The predicted octanol–water partition coefficient (Wildman–Crippen LogP) is 1.37. The van der Waals surface area contributed by atoms with Crippen LogP contribution in [0, 0.1) is 39.4 Å². The molecule has 5 rings (SSSR count). The number of carbonyl (C=O) groups is 1. The van der Waals surface area contributed by atoms with Gasteiger partial charge in [-0.3, -0.25) is 4.79 Å². The summed E-state index contributed by atoms with van der Waals surface area (Å²) in [7, 11) is 0. The fraction of sp³-hybridized carbons (Fsp3) is 0.861. The van der Waals surface area contributed by atoms with E-state index in [1.165, 1.54) is 0 Å². The Kier molecular flexibility index (Phi) is 9.85. The fourth-order valence-electron chi connectivity index (χ4n) is 10.9. The first-order chi connectivity index (χ1) is 21.7. The summed E-state index contributed by atoms with van der Waals surface area (Å²) in [5, 5.41) is 85.7. The molecule has 0 radical (unpaired) electrons. The third-order valence-corrected chi connectivity index (χ3v) is 13.8. The Hall–Kier alpha value is -1.25. The fourth-order valence-corrected chi connectivity index (χ4v) is 10.9. The van der Waals surface area contributed by atoms with Gasteiger partial charge in [-0.2, -0.15) is 0 Å². The van der Waals surface area contributed by atoms with E-state index in [1.54, 1.807) is 6.92 Å². The molecule has 0 aromatic heterocycles. The van der Waals surface area contributed by atoms with Gasteiger partial charge in [0.1, 0.15) is 30.2 Å². The minimum atomic E-state index is -1.63. The Morgan fingerprint density at radius 2 is 1.70 bits per heavy atom. The van der Waals surface area contributed by atoms with E-state index in [-0.39, 0.29) is 37.1 Å². The molecule has 1 heterocycles. The van der Waals surface area contributed by atoms with Crippen LogP contribution >= 0.6 is 0 Å². The van der Waals surface area contributed by atoms with E-state index in [9.17, 15) is 45.6 Å². The third-order valence-electron chi connectivity index (χ3n) is 13.8. The van der Waals surface area contributed by atoms with E-state index < -0.39 is 88.8 Å². The van der Waals surface area contributed by atoms with Crippen LogP contribution in [0.3, 0.4) is 0 Å². The lowest BCUT2D eigenvalue weighted by molar-refractivity contribution is -0.323. The van der Waals surface area contributed by atoms with E-state index >= 15 is 0 Å². The monoisotopic (exact) mass is 666 g/mol. The number of allylic oxidation sites excluding steroid dienone is 2. The molecule has 0 bridgehead atoms. The zero-order valence-corrected chi connectivity index (χ0v) is 29.0. The Labute approximate surface area is 278 Å². The van der Waals surface area contributed by atoms with Crippen molar-refractivity contribution in [3.63, 3.8) is 0 Å². The average molecular weight is 667 g/mol. The zero-order chi connectivity index (χ0) is 35.1. The zero-order valence-electron chi connectivity index (χ0n) is 29.0. The molecule has 4 aliphatic carbocycles. The molecular weight excluding hydrogens is 608 g/mol. The molecular formula is C36H58O11. The van der Waals surface area contributed by atoms with Crippen LogP contribution in [0.4, 0.5) is 0 Å². The van der Waals surface area contributed by atoms with E-state index in [0.717, 1.165) is 11.1 Å². The molecule has 0 amide bonds. The molecule has 5 aliphatic rings. The summed E-state index contributed by atoms with van der Waals surface area (Å²) in [5.74, 6) is -1.02. The van der Waals surface area contributed by atoms with Gasteiger partial charge >= 0.3 is 0 Å². The van der Waals surface area contributed by atoms with Crippen LogP contribution in [0.2, 0.25) is 0 Å². The van der Waals surface area contributed by atoms with Crippen LogP contribution < -0.4 is 0 Å². The Morgan fingerprint density at radius 3 is 2.32 bits per heavy atom. The maximum atomic E-state index is 14.7. The number of hydrogen-bond donors (Lipinski definition) is 8. The number of Topliss-reactive ketones (excluding diaryl/α,β-unsaturated/α-hetero) is 1. The minimum Gasteiger partial charge on any atom is -0.394 e. The number of hydrogen-bond acceptors (Lipinski definition) is 11. The van der Waals surface area contributed by atoms with Gasteiger partial charge in [0, 0.05) is 23.2 Å². The number of rotatable bonds is 8. The average Bonchev–Trinajstić information content (AvgIpc) is 3.20. The molecule has 15 atom stereocenters.